The van der Waals surface area contributed by atoms with Crippen LogP contribution in [0.1, 0.15) is 23.7 Å². The maximum atomic E-state index is 14.1. The molecule has 0 radical (unpaired) electrons. The van der Waals surface area contributed by atoms with Gasteiger partial charge in [-0.2, -0.15) is 0 Å². The summed E-state index contributed by atoms with van der Waals surface area (Å²) in [6.07, 6.45) is 0.806. The lowest BCUT2D eigenvalue weighted by Crippen LogP contribution is -2.39. The highest BCUT2D eigenvalue weighted by molar-refractivity contribution is 5.88. The summed E-state index contributed by atoms with van der Waals surface area (Å²) in [6, 6.07) is 1.71. The van der Waals surface area contributed by atoms with Crippen LogP contribution in [0.2, 0.25) is 0 Å². The van der Waals surface area contributed by atoms with E-state index in [9.17, 15) is 13.6 Å². The third kappa shape index (κ3) is 2.90. The van der Waals surface area contributed by atoms with Gasteiger partial charge >= 0.3 is 5.97 Å². The number of likely N-dealkylation sites (N-methyl/N-ethyl adjacent to an activating group) is 1. The molecule has 0 aliphatic carbocycles. The smallest absolute Gasteiger partial charge is 0.335 e. The highest BCUT2D eigenvalue weighted by Crippen LogP contribution is 2.28. The highest BCUT2D eigenvalue weighted by Gasteiger charge is 2.26. The fourth-order valence-corrected chi connectivity index (χ4v) is 2.67. The first-order chi connectivity index (χ1) is 9.40. The zero-order valence-corrected chi connectivity index (χ0v) is 11.6. The molecule has 0 amide bonds. The monoisotopic (exact) mass is 284 g/mol. The molecule has 1 aromatic carbocycles. The molecule has 4 nitrogen and oxygen atoms in total. The van der Waals surface area contributed by atoms with Crippen LogP contribution in [0, 0.1) is 11.6 Å². The number of hydrogen-bond acceptors (Lipinski definition) is 3. The van der Waals surface area contributed by atoms with Gasteiger partial charge in [-0.1, -0.05) is 0 Å². The van der Waals surface area contributed by atoms with Gasteiger partial charge in [-0.3, -0.25) is 0 Å². The summed E-state index contributed by atoms with van der Waals surface area (Å²) in [6.45, 7) is 4.04. The Kier molecular flexibility index (Phi) is 4.23. The summed E-state index contributed by atoms with van der Waals surface area (Å²) >= 11 is 0. The molecular formula is C14H18F2N2O2. The van der Waals surface area contributed by atoms with Crippen molar-refractivity contribution in [2.24, 2.45) is 0 Å². The third-order valence-electron chi connectivity index (χ3n) is 3.60. The van der Waals surface area contributed by atoms with E-state index in [1.807, 2.05) is 14.0 Å². The SMILES string of the molecule is CC1CN(C)CCCN1c1c(F)cc(C(=O)O)cc1F. The standard InChI is InChI=1S/C14H18F2N2O2/c1-9-8-17(2)4-3-5-18(9)13-11(15)6-10(14(19)20)7-12(13)16/h6-7,9H,3-5,8H2,1-2H3,(H,19,20). The van der Waals surface area contributed by atoms with E-state index in [0.29, 0.717) is 13.1 Å². The van der Waals surface area contributed by atoms with Crippen LogP contribution in [0.4, 0.5) is 14.5 Å². The van der Waals surface area contributed by atoms with Crippen molar-refractivity contribution in [1.82, 2.24) is 4.90 Å². The highest BCUT2D eigenvalue weighted by atomic mass is 19.1. The lowest BCUT2D eigenvalue weighted by Gasteiger charge is -2.30. The first-order valence-electron chi connectivity index (χ1n) is 6.57. The topological polar surface area (TPSA) is 43.8 Å². The number of nitrogens with zero attached hydrogens (tertiary/aromatic N) is 2. The number of hydrogen-bond donors (Lipinski definition) is 1. The van der Waals surface area contributed by atoms with Crippen LogP contribution in [0.5, 0.6) is 0 Å². The number of benzene rings is 1. The zero-order chi connectivity index (χ0) is 14.9. The maximum Gasteiger partial charge on any atom is 0.335 e. The molecule has 1 unspecified atom stereocenters. The van der Waals surface area contributed by atoms with Gasteiger partial charge in [0.05, 0.1) is 5.56 Å². The fraction of sp³-hybridized carbons (Fsp3) is 0.500. The van der Waals surface area contributed by atoms with E-state index in [2.05, 4.69) is 4.90 Å². The average Bonchev–Trinajstić information content (AvgIpc) is 2.50. The molecule has 1 N–H and O–H groups in total. The van der Waals surface area contributed by atoms with Gasteiger partial charge in [0.25, 0.3) is 0 Å². The lowest BCUT2D eigenvalue weighted by molar-refractivity contribution is 0.0696. The van der Waals surface area contributed by atoms with E-state index in [-0.39, 0.29) is 17.3 Å². The van der Waals surface area contributed by atoms with E-state index >= 15 is 0 Å². The zero-order valence-electron chi connectivity index (χ0n) is 11.6. The van der Waals surface area contributed by atoms with Gasteiger partial charge in [0.15, 0.2) is 0 Å². The van der Waals surface area contributed by atoms with E-state index in [0.717, 1.165) is 25.1 Å². The predicted molar refractivity (Wildman–Crippen MR) is 72.2 cm³/mol. The second-order valence-corrected chi connectivity index (χ2v) is 5.25. The van der Waals surface area contributed by atoms with Gasteiger partial charge in [-0.15, -0.1) is 0 Å². The first-order valence-corrected chi connectivity index (χ1v) is 6.57. The van der Waals surface area contributed by atoms with Crippen molar-refractivity contribution in [3.8, 4) is 0 Å². The Morgan fingerprint density at radius 1 is 1.30 bits per heavy atom. The molecule has 1 heterocycles. The molecule has 0 bridgehead atoms. The van der Waals surface area contributed by atoms with Gasteiger partial charge in [0.1, 0.15) is 17.3 Å². The second kappa shape index (κ2) is 5.75. The first kappa shape index (κ1) is 14.7. The van der Waals surface area contributed by atoms with Crippen molar-refractivity contribution < 1.29 is 18.7 Å². The number of carboxylic acids is 1. The molecule has 2 rings (SSSR count). The Balaban J connectivity index is 2.39. The Labute approximate surface area is 116 Å². The number of carboxylic acid groups (broad SMARTS) is 1. The molecule has 0 spiro atoms. The van der Waals surface area contributed by atoms with Gasteiger partial charge in [0.2, 0.25) is 0 Å². The van der Waals surface area contributed by atoms with E-state index in [1.54, 1.807) is 4.90 Å². The minimum Gasteiger partial charge on any atom is -0.478 e. The van der Waals surface area contributed by atoms with Crippen LogP contribution in [0.15, 0.2) is 12.1 Å². The minimum absolute atomic E-state index is 0.0396. The molecule has 110 valence electrons. The van der Waals surface area contributed by atoms with Crippen molar-refractivity contribution in [3.05, 3.63) is 29.3 Å². The Bertz CT molecular complexity index is 499. The number of aromatic carboxylic acids is 1. The molecule has 0 saturated carbocycles. The van der Waals surface area contributed by atoms with Gasteiger partial charge in [-0.05, 0) is 39.1 Å². The molecule has 0 aromatic heterocycles. The fourth-order valence-electron chi connectivity index (χ4n) is 2.67. The van der Waals surface area contributed by atoms with Gasteiger partial charge in [-0.25, -0.2) is 13.6 Å². The third-order valence-corrected chi connectivity index (χ3v) is 3.60. The second-order valence-electron chi connectivity index (χ2n) is 5.25. The summed E-state index contributed by atoms with van der Waals surface area (Å²) in [7, 11) is 1.97. The van der Waals surface area contributed by atoms with Crippen LogP contribution in [0.3, 0.4) is 0 Å². The molecular weight excluding hydrogens is 266 g/mol. The van der Waals surface area contributed by atoms with E-state index in [1.165, 1.54) is 0 Å². The predicted octanol–water partition coefficient (Wildman–Crippen LogP) is 2.19. The summed E-state index contributed by atoms with van der Waals surface area (Å²) in [5, 5.41) is 8.81. The van der Waals surface area contributed by atoms with Crippen LogP contribution in [-0.2, 0) is 0 Å². The van der Waals surface area contributed by atoms with Gasteiger partial charge < -0.3 is 14.9 Å². The summed E-state index contributed by atoms with van der Waals surface area (Å²) < 4.78 is 28.2. The summed E-state index contributed by atoms with van der Waals surface area (Å²) in [5.41, 5.74) is -0.499. The maximum absolute atomic E-state index is 14.1. The Morgan fingerprint density at radius 2 is 1.90 bits per heavy atom. The minimum atomic E-state index is -1.34. The van der Waals surface area contributed by atoms with Crippen molar-refractivity contribution in [3.63, 3.8) is 0 Å². The summed E-state index contributed by atoms with van der Waals surface area (Å²) in [5.74, 6) is -2.98. The van der Waals surface area contributed by atoms with Crippen LogP contribution < -0.4 is 4.90 Å². The van der Waals surface area contributed by atoms with Crippen molar-refractivity contribution >= 4 is 11.7 Å². The summed E-state index contributed by atoms with van der Waals surface area (Å²) in [4.78, 5) is 14.6. The number of halogens is 2. The number of carbonyl (C=O) groups is 1. The number of rotatable bonds is 2. The molecule has 1 aliphatic rings. The molecule has 20 heavy (non-hydrogen) atoms. The van der Waals surface area contributed by atoms with Crippen molar-refractivity contribution in [1.29, 1.82) is 0 Å². The largest absolute Gasteiger partial charge is 0.478 e. The number of anilines is 1. The van der Waals surface area contributed by atoms with Crippen molar-refractivity contribution in [2.45, 2.75) is 19.4 Å². The Morgan fingerprint density at radius 3 is 2.45 bits per heavy atom. The lowest BCUT2D eigenvalue weighted by atomic mass is 10.1. The normalized spacial score (nSPS) is 20.8. The van der Waals surface area contributed by atoms with E-state index in [4.69, 9.17) is 5.11 Å². The molecule has 1 fully saturated rings. The molecule has 1 atom stereocenters. The van der Waals surface area contributed by atoms with Crippen LogP contribution >= 0.6 is 0 Å². The Hall–Kier alpha value is -1.69. The van der Waals surface area contributed by atoms with Crippen molar-refractivity contribution in [2.75, 3.05) is 31.6 Å². The van der Waals surface area contributed by atoms with Gasteiger partial charge in [0, 0.05) is 19.1 Å². The molecule has 6 heteroatoms. The quantitative estimate of drug-likeness (QED) is 0.904. The van der Waals surface area contributed by atoms with Crippen LogP contribution in [0.25, 0.3) is 0 Å². The van der Waals surface area contributed by atoms with Crippen LogP contribution in [-0.4, -0.2) is 48.7 Å². The molecule has 1 saturated heterocycles. The average molecular weight is 284 g/mol. The molecule has 1 aliphatic heterocycles. The molecule has 1 aromatic rings. The van der Waals surface area contributed by atoms with E-state index < -0.39 is 17.6 Å².